The standard InChI is InChI=1S/C40H45N3O11S/c1-17-10-21-11-23-38(47)43-24-14-51-39(48)40(22-13-26(49-6)25(45)12-20(22)8-9-41(40)4)15-55-37(31(43)30(42(23)5)27(21)32(46)33(17)50-7)29-28(24)36-35(52-16-53-36)18(2)34(29)54-19(3)44/h10,12-13,23-24,30-31,37-38,45-47H,8-9,11,14-16H2,1-7H3/t23-,24-,30+,31?,37-,38+,40-/m1/s1. The van der Waals surface area contributed by atoms with Gasteiger partial charge in [-0.2, -0.15) is 0 Å². The highest BCUT2D eigenvalue weighted by Gasteiger charge is 2.62. The lowest BCUT2D eigenvalue weighted by Crippen LogP contribution is -2.70. The number of methoxy groups -OCH3 is 2. The number of hydrogen-bond donors (Lipinski definition) is 3. The summed E-state index contributed by atoms with van der Waals surface area (Å²) >= 11 is 1.49. The minimum Gasteiger partial charge on any atom is -0.504 e. The maximum Gasteiger partial charge on any atom is 0.332 e. The molecule has 7 aliphatic rings. The SMILES string of the molecule is COc1cc2c(cc1O)CCN(C)[C@]21CS[C@@H]2c3c(OC(C)=O)c(C)c4c(c3[C@@H](COC1=O)N1C2[C@@H]2c3c(cc(C)c(OC)c3O)C[C@H]([C@@H]1O)N2C)OCO4. The highest BCUT2D eigenvalue weighted by Crippen LogP contribution is 2.64. The predicted octanol–water partition coefficient (Wildman–Crippen LogP) is 3.76. The third-order valence-electron chi connectivity index (χ3n) is 12.8. The van der Waals surface area contributed by atoms with Gasteiger partial charge in [0, 0.05) is 47.5 Å². The molecule has 3 aromatic rings. The smallest absolute Gasteiger partial charge is 0.332 e. The van der Waals surface area contributed by atoms with Crippen molar-refractivity contribution in [2.75, 3.05) is 54.0 Å². The number of likely N-dealkylation sites (N-methyl/N-ethyl adjacent to an activating group) is 2. The number of aliphatic hydroxyl groups excluding tert-OH is 1. The number of benzene rings is 3. The molecule has 0 amide bonds. The lowest BCUT2D eigenvalue weighted by Gasteiger charge is -2.62. The van der Waals surface area contributed by atoms with Crippen molar-refractivity contribution in [3.05, 3.63) is 62.7 Å². The van der Waals surface area contributed by atoms with E-state index in [9.17, 15) is 24.9 Å². The van der Waals surface area contributed by atoms with Crippen LogP contribution in [0.5, 0.6) is 40.2 Å². The average Bonchev–Trinajstić information content (AvgIpc) is 3.64. The normalized spacial score (nSPS) is 29.5. The van der Waals surface area contributed by atoms with E-state index < -0.39 is 47.1 Å². The number of hydrogen-bond acceptors (Lipinski definition) is 15. The number of esters is 2. The predicted molar refractivity (Wildman–Crippen MR) is 199 cm³/mol. The van der Waals surface area contributed by atoms with Gasteiger partial charge in [-0.05, 0) is 75.2 Å². The Morgan fingerprint density at radius 1 is 0.982 bits per heavy atom. The topological polar surface area (TPSA) is 160 Å². The van der Waals surface area contributed by atoms with E-state index in [0.29, 0.717) is 70.2 Å². The molecule has 0 saturated carbocycles. The summed E-state index contributed by atoms with van der Waals surface area (Å²) in [6.07, 6.45) is -0.00348. The first kappa shape index (κ1) is 36.2. The van der Waals surface area contributed by atoms with Gasteiger partial charge in [-0.15, -0.1) is 11.8 Å². The number of aromatic hydroxyl groups is 2. The Kier molecular flexibility index (Phi) is 8.44. The summed E-state index contributed by atoms with van der Waals surface area (Å²) in [4.78, 5) is 34.0. The molecule has 0 radical (unpaired) electrons. The van der Waals surface area contributed by atoms with Crippen molar-refractivity contribution in [2.24, 2.45) is 0 Å². The maximum atomic E-state index is 14.9. The van der Waals surface area contributed by atoms with Crippen molar-refractivity contribution in [2.45, 2.75) is 74.8 Å². The first-order valence-corrected chi connectivity index (χ1v) is 19.5. The van der Waals surface area contributed by atoms with Crippen LogP contribution in [0.4, 0.5) is 0 Å². The van der Waals surface area contributed by atoms with Crippen LogP contribution in [-0.2, 0) is 32.7 Å². The van der Waals surface area contributed by atoms with Gasteiger partial charge < -0.3 is 43.7 Å². The van der Waals surface area contributed by atoms with Crippen molar-refractivity contribution in [3.8, 4) is 40.2 Å². The molecule has 7 heterocycles. The van der Waals surface area contributed by atoms with Crippen LogP contribution in [0.1, 0.15) is 68.8 Å². The van der Waals surface area contributed by atoms with E-state index in [0.717, 1.165) is 16.7 Å². The molecular weight excluding hydrogens is 731 g/mol. The Morgan fingerprint density at radius 3 is 2.47 bits per heavy atom. The second-order valence-electron chi connectivity index (χ2n) is 15.4. The fraction of sp³-hybridized carbons (Fsp3) is 0.500. The van der Waals surface area contributed by atoms with Crippen LogP contribution in [0.3, 0.4) is 0 Å². The molecule has 4 bridgehead atoms. The van der Waals surface area contributed by atoms with Gasteiger partial charge in [-0.25, -0.2) is 4.79 Å². The first-order valence-electron chi connectivity index (χ1n) is 18.4. The Morgan fingerprint density at radius 2 is 1.75 bits per heavy atom. The molecular formula is C40H45N3O11S. The zero-order valence-electron chi connectivity index (χ0n) is 31.8. The zero-order valence-corrected chi connectivity index (χ0v) is 32.6. The minimum absolute atomic E-state index is 0.0155. The fourth-order valence-electron chi connectivity index (χ4n) is 10.3. The number of ether oxygens (including phenoxy) is 6. The van der Waals surface area contributed by atoms with E-state index in [1.807, 2.05) is 43.8 Å². The number of carbonyl (C=O) groups is 2. The molecule has 2 saturated heterocycles. The summed E-state index contributed by atoms with van der Waals surface area (Å²) in [5.41, 5.74) is 4.48. The van der Waals surface area contributed by atoms with E-state index in [1.165, 1.54) is 32.9 Å². The number of piperazine rings is 1. The molecule has 10 rings (SSSR count). The van der Waals surface area contributed by atoms with Crippen molar-refractivity contribution in [1.82, 2.24) is 14.7 Å². The van der Waals surface area contributed by atoms with Crippen LogP contribution in [0.15, 0.2) is 18.2 Å². The Balaban J connectivity index is 1.33. The van der Waals surface area contributed by atoms with Gasteiger partial charge in [-0.1, -0.05) is 6.07 Å². The molecule has 1 spiro atoms. The average molecular weight is 776 g/mol. The van der Waals surface area contributed by atoms with Gasteiger partial charge in [0.15, 0.2) is 40.0 Å². The van der Waals surface area contributed by atoms with E-state index in [1.54, 1.807) is 12.1 Å². The summed E-state index contributed by atoms with van der Waals surface area (Å²) in [6.45, 7) is 5.35. The van der Waals surface area contributed by atoms with Gasteiger partial charge in [0.1, 0.15) is 18.6 Å². The Hall–Kier alpha value is -4.41. The number of aliphatic hydroxyl groups is 1. The third-order valence-corrected chi connectivity index (χ3v) is 14.2. The number of phenolic OH excluding ortho intramolecular Hbond substituents is 2. The first-order chi connectivity index (χ1) is 26.3. The van der Waals surface area contributed by atoms with Crippen LogP contribution < -0.4 is 23.7 Å². The molecule has 15 heteroatoms. The summed E-state index contributed by atoms with van der Waals surface area (Å²) in [5, 5.41) is 34.8. The van der Waals surface area contributed by atoms with E-state index >= 15 is 0 Å². The molecule has 0 aliphatic carbocycles. The van der Waals surface area contributed by atoms with Crippen molar-refractivity contribution in [3.63, 3.8) is 0 Å². The van der Waals surface area contributed by atoms with Gasteiger partial charge in [0.25, 0.3) is 0 Å². The lowest BCUT2D eigenvalue weighted by molar-refractivity contribution is -0.188. The molecule has 55 heavy (non-hydrogen) atoms. The van der Waals surface area contributed by atoms with Crippen molar-refractivity contribution >= 4 is 23.7 Å². The number of carbonyl (C=O) groups excluding carboxylic acids is 2. The summed E-state index contributed by atoms with van der Waals surface area (Å²) in [5.74, 6) is 1.05. The number of rotatable bonds is 3. The molecule has 14 nitrogen and oxygen atoms in total. The molecule has 7 aliphatic heterocycles. The summed E-state index contributed by atoms with van der Waals surface area (Å²) < 4.78 is 36.1. The zero-order chi connectivity index (χ0) is 38.8. The van der Waals surface area contributed by atoms with Crippen LogP contribution in [0, 0.1) is 13.8 Å². The second kappa shape index (κ2) is 12.8. The van der Waals surface area contributed by atoms with E-state index in [4.69, 9.17) is 28.4 Å². The lowest BCUT2D eigenvalue weighted by atomic mass is 9.73. The van der Waals surface area contributed by atoms with Crippen LogP contribution in [0.2, 0.25) is 0 Å². The Bertz CT molecular complexity index is 2160. The maximum absolute atomic E-state index is 14.9. The van der Waals surface area contributed by atoms with Crippen molar-refractivity contribution in [1.29, 1.82) is 0 Å². The van der Waals surface area contributed by atoms with Crippen LogP contribution in [-0.4, -0.2) is 114 Å². The summed E-state index contributed by atoms with van der Waals surface area (Å²) in [7, 11) is 6.87. The number of aryl methyl sites for hydroxylation is 1. The molecule has 0 aromatic heterocycles. The Labute approximate surface area is 322 Å². The van der Waals surface area contributed by atoms with Crippen LogP contribution >= 0.6 is 11.8 Å². The minimum atomic E-state index is -1.32. The molecule has 3 aromatic carbocycles. The second-order valence-corrected chi connectivity index (χ2v) is 16.5. The largest absolute Gasteiger partial charge is 0.504 e. The number of phenols is 2. The van der Waals surface area contributed by atoms with Gasteiger partial charge in [0.05, 0.1) is 37.6 Å². The van der Waals surface area contributed by atoms with E-state index in [-0.39, 0.29) is 42.4 Å². The molecule has 1 unspecified atom stereocenters. The number of thioether (sulfide) groups is 1. The highest BCUT2D eigenvalue weighted by atomic mass is 32.2. The molecule has 2 fully saturated rings. The quantitative estimate of drug-likeness (QED) is 0.261. The van der Waals surface area contributed by atoms with Crippen LogP contribution in [0.25, 0.3) is 0 Å². The highest BCUT2D eigenvalue weighted by molar-refractivity contribution is 7.99. The monoisotopic (exact) mass is 775 g/mol. The summed E-state index contributed by atoms with van der Waals surface area (Å²) in [6, 6.07) is 3.19. The van der Waals surface area contributed by atoms with Gasteiger partial charge in [-0.3, -0.25) is 19.5 Å². The van der Waals surface area contributed by atoms with Crippen molar-refractivity contribution < 1.29 is 53.3 Å². The van der Waals surface area contributed by atoms with Gasteiger partial charge in [0.2, 0.25) is 6.79 Å². The number of fused-ring (bicyclic) bond motifs is 9. The molecule has 292 valence electrons. The third kappa shape index (κ3) is 4.89. The van der Waals surface area contributed by atoms with Gasteiger partial charge >= 0.3 is 11.9 Å². The number of nitrogens with zero attached hydrogens (tertiary/aromatic N) is 3. The van der Waals surface area contributed by atoms with E-state index in [2.05, 4.69) is 4.90 Å². The molecule has 3 N–H and O–H groups in total. The molecule has 7 atom stereocenters. The fourth-order valence-corrected chi connectivity index (χ4v) is 12.1.